The molecule has 0 aliphatic rings. The van der Waals surface area contributed by atoms with Crippen LogP contribution >= 0.6 is 11.3 Å². The van der Waals surface area contributed by atoms with E-state index in [2.05, 4.69) is 30.6 Å². The van der Waals surface area contributed by atoms with Crippen molar-refractivity contribution in [3.05, 3.63) is 46.0 Å². The van der Waals surface area contributed by atoms with Gasteiger partial charge >= 0.3 is 0 Å². The molecular formula is C14H19NOS. The van der Waals surface area contributed by atoms with Gasteiger partial charge in [-0.25, -0.2) is 0 Å². The monoisotopic (exact) mass is 249 g/mol. The Labute approximate surface area is 107 Å². The van der Waals surface area contributed by atoms with Crippen LogP contribution in [0.15, 0.2) is 34.3 Å². The molecule has 2 nitrogen and oxygen atoms in total. The molecule has 17 heavy (non-hydrogen) atoms. The van der Waals surface area contributed by atoms with E-state index in [1.54, 1.807) is 6.26 Å². The molecule has 92 valence electrons. The van der Waals surface area contributed by atoms with E-state index in [1.165, 1.54) is 10.4 Å². The number of hydrogen-bond acceptors (Lipinski definition) is 3. The predicted molar refractivity (Wildman–Crippen MR) is 72.3 cm³/mol. The number of furan rings is 1. The minimum Gasteiger partial charge on any atom is -0.468 e. The summed E-state index contributed by atoms with van der Waals surface area (Å²) in [6, 6.07) is 6.52. The van der Waals surface area contributed by atoms with Crippen LogP contribution in [0.2, 0.25) is 0 Å². The van der Waals surface area contributed by atoms with Gasteiger partial charge in [0.1, 0.15) is 5.76 Å². The van der Waals surface area contributed by atoms with E-state index < -0.39 is 0 Å². The summed E-state index contributed by atoms with van der Waals surface area (Å²) >= 11 is 1.83. The van der Waals surface area contributed by atoms with Gasteiger partial charge in [0.15, 0.2) is 0 Å². The van der Waals surface area contributed by atoms with Crippen molar-refractivity contribution < 1.29 is 4.42 Å². The van der Waals surface area contributed by atoms with Crippen molar-refractivity contribution in [1.82, 2.24) is 5.32 Å². The SMILES string of the molecule is CCc1ccsc1CNC(CC)c1ccco1. The molecular weight excluding hydrogens is 230 g/mol. The second kappa shape index (κ2) is 6.03. The fourth-order valence-electron chi connectivity index (χ4n) is 1.99. The third-order valence-electron chi connectivity index (χ3n) is 3.02. The van der Waals surface area contributed by atoms with Gasteiger partial charge in [-0.3, -0.25) is 0 Å². The first kappa shape index (κ1) is 12.4. The third kappa shape index (κ3) is 2.99. The maximum absolute atomic E-state index is 5.45. The summed E-state index contributed by atoms with van der Waals surface area (Å²) in [6.07, 6.45) is 3.89. The molecule has 1 N–H and O–H groups in total. The first-order valence-corrected chi connectivity index (χ1v) is 7.05. The highest BCUT2D eigenvalue weighted by atomic mass is 32.1. The van der Waals surface area contributed by atoms with E-state index in [1.807, 2.05) is 23.5 Å². The van der Waals surface area contributed by atoms with E-state index >= 15 is 0 Å². The molecule has 2 heterocycles. The lowest BCUT2D eigenvalue weighted by Gasteiger charge is -2.14. The molecule has 0 amide bonds. The molecule has 1 unspecified atom stereocenters. The summed E-state index contributed by atoms with van der Waals surface area (Å²) in [5, 5.41) is 5.74. The maximum atomic E-state index is 5.45. The van der Waals surface area contributed by atoms with Crippen LogP contribution in [-0.2, 0) is 13.0 Å². The van der Waals surface area contributed by atoms with Crippen LogP contribution in [0.3, 0.4) is 0 Å². The van der Waals surface area contributed by atoms with E-state index in [0.717, 1.165) is 25.1 Å². The zero-order valence-electron chi connectivity index (χ0n) is 10.4. The first-order valence-electron chi connectivity index (χ1n) is 6.17. The molecule has 2 rings (SSSR count). The van der Waals surface area contributed by atoms with Crippen molar-refractivity contribution in [3.8, 4) is 0 Å². The molecule has 0 radical (unpaired) electrons. The van der Waals surface area contributed by atoms with Crippen LogP contribution < -0.4 is 5.32 Å². The Balaban J connectivity index is 1.97. The molecule has 0 aliphatic heterocycles. The number of hydrogen-bond donors (Lipinski definition) is 1. The van der Waals surface area contributed by atoms with Gasteiger partial charge in [0.05, 0.1) is 12.3 Å². The number of rotatable bonds is 6. The lowest BCUT2D eigenvalue weighted by molar-refractivity contribution is 0.404. The van der Waals surface area contributed by atoms with Gasteiger partial charge in [-0.05, 0) is 42.0 Å². The van der Waals surface area contributed by atoms with Gasteiger partial charge in [-0.1, -0.05) is 13.8 Å². The number of thiophene rings is 1. The van der Waals surface area contributed by atoms with Gasteiger partial charge in [-0.15, -0.1) is 11.3 Å². The second-order valence-electron chi connectivity index (χ2n) is 4.08. The van der Waals surface area contributed by atoms with Gasteiger partial charge in [0.25, 0.3) is 0 Å². The molecule has 0 fully saturated rings. The molecule has 2 aromatic rings. The van der Waals surface area contributed by atoms with Gasteiger partial charge < -0.3 is 9.73 Å². The zero-order chi connectivity index (χ0) is 12.1. The molecule has 0 aliphatic carbocycles. The van der Waals surface area contributed by atoms with Crippen LogP contribution in [-0.4, -0.2) is 0 Å². The quantitative estimate of drug-likeness (QED) is 0.832. The number of aryl methyl sites for hydroxylation is 1. The fourth-order valence-corrected chi connectivity index (χ4v) is 2.92. The van der Waals surface area contributed by atoms with Crippen LogP contribution in [0, 0.1) is 0 Å². The Morgan fingerprint density at radius 1 is 1.35 bits per heavy atom. The summed E-state index contributed by atoms with van der Waals surface area (Å²) in [5.74, 6) is 1.03. The summed E-state index contributed by atoms with van der Waals surface area (Å²) < 4.78 is 5.45. The van der Waals surface area contributed by atoms with Crippen LogP contribution in [0.1, 0.15) is 42.5 Å². The van der Waals surface area contributed by atoms with Crippen molar-refractivity contribution in [2.24, 2.45) is 0 Å². The van der Waals surface area contributed by atoms with E-state index in [4.69, 9.17) is 4.42 Å². The average molecular weight is 249 g/mol. The topological polar surface area (TPSA) is 25.2 Å². The van der Waals surface area contributed by atoms with Crippen LogP contribution in [0.4, 0.5) is 0 Å². The fraction of sp³-hybridized carbons (Fsp3) is 0.429. The smallest absolute Gasteiger partial charge is 0.120 e. The second-order valence-corrected chi connectivity index (χ2v) is 5.08. The minimum atomic E-state index is 0.316. The largest absolute Gasteiger partial charge is 0.468 e. The normalized spacial score (nSPS) is 12.8. The minimum absolute atomic E-state index is 0.316. The standard InChI is InChI=1S/C14H19NOS/c1-3-11-7-9-17-14(11)10-15-12(4-2)13-6-5-8-16-13/h5-9,12,15H,3-4,10H2,1-2H3. The van der Waals surface area contributed by atoms with Crippen molar-refractivity contribution >= 4 is 11.3 Å². The molecule has 0 aromatic carbocycles. The van der Waals surface area contributed by atoms with Crippen molar-refractivity contribution in [2.45, 2.75) is 39.3 Å². The molecule has 1 atom stereocenters. The van der Waals surface area contributed by atoms with Crippen LogP contribution in [0.5, 0.6) is 0 Å². The predicted octanol–water partition coefficient (Wildman–Crippen LogP) is 4.14. The third-order valence-corrected chi connectivity index (χ3v) is 3.99. The Morgan fingerprint density at radius 3 is 2.88 bits per heavy atom. The highest BCUT2D eigenvalue weighted by molar-refractivity contribution is 7.10. The lowest BCUT2D eigenvalue weighted by Crippen LogP contribution is -2.19. The van der Waals surface area contributed by atoms with Gasteiger partial charge in [-0.2, -0.15) is 0 Å². The summed E-state index contributed by atoms with van der Waals surface area (Å²) in [4.78, 5) is 1.44. The highest BCUT2D eigenvalue weighted by Crippen LogP contribution is 2.21. The number of nitrogens with one attached hydrogen (secondary N) is 1. The Morgan fingerprint density at radius 2 is 2.24 bits per heavy atom. The lowest BCUT2D eigenvalue weighted by atomic mass is 10.1. The summed E-state index contributed by atoms with van der Waals surface area (Å²) in [5.41, 5.74) is 1.46. The van der Waals surface area contributed by atoms with Crippen LogP contribution in [0.25, 0.3) is 0 Å². The van der Waals surface area contributed by atoms with E-state index in [0.29, 0.717) is 6.04 Å². The molecule has 0 spiro atoms. The Kier molecular flexibility index (Phi) is 4.40. The van der Waals surface area contributed by atoms with Crippen molar-refractivity contribution in [3.63, 3.8) is 0 Å². The average Bonchev–Trinajstić information content (AvgIpc) is 2.99. The molecule has 0 saturated heterocycles. The van der Waals surface area contributed by atoms with Gasteiger partial charge in [0.2, 0.25) is 0 Å². The Hall–Kier alpha value is -1.06. The zero-order valence-corrected chi connectivity index (χ0v) is 11.2. The highest BCUT2D eigenvalue weighted by Gasteiger charge is 2.12. The summed E-state index contributed by atoms with van der Waals surface area (Å²) in [7, 11) is 0. The van der Waals surface area contributed by atoms with Gasteiger partial charge in [0, 0.05) is 11.4 Å². The molecule has 0 saturated carbocycles. The van der Waals surface area contributed by atoms with E-state index in [-0.39, 0.29) is 0 Å². The van der Waals surface area contributed by atoms with E-state index in [9.17, 15) is 0 Å². The maximum Gasteiger partial charge on any atom is 0.120 e. The molecule has 0 bridgehead atoms. The molecule has 3 heteroatoms. The molecule has 2 aromatic heterocycles. The Bertz CT molecular complexity index is 433. The van der Waals surface area contributed by atoms with Crippen molar-refractivity contribution in [2.75, 3.05) is 0 Å². The van der Waals surface area contributed by atoms with Crippen molar-refractivity contribution in [1.29, 1.82) is 0 Å². The first-order chi connectivity index (χ1) is 8.35. The summed E-state index contributed by atoms with van der Waals surface area (Å²) in [6.45, 7) is 5.31.